The minimum Gasteiger partial charge on any atom is -0.305 e. The van der Waals surface area contributed by atoms with Gasteiger partial charge in [-0.1, -0.05) is 28.1 Å². The molecule has 2 nitrogen and oxygen atoms in total. The van der Waals surface area contributed by atoms with E-state index in [0.717, 1.165) is 25.8 Å². The molecule has 0 radical (unpaired) electrons. The van der Waals surface area contributed by atoms with Crippen molar-refractivity contribution in [2.24, 2.45) is 0 Å². The van der Waals surface area contributed by atoms with Gasteiger partial charge in [0, 0.05) is 26.9 Å². The lowest BCUT2D eigenvalue weighted by Crippen LogP contribution is -1.85. The summed E-state index contributed by atoms with van der Waals surface area (Å²) in [5, 5.41) is 0. The lowest BCUT2D eigenvalue weighted by atomic mass is 10.2. The molecule has 2 aromatic heterocycles. The van der Waals surface area contributed by atoms with E-state index in [1.807, 2.05) is 28.9 Å². The number of rotatable bonds is 1. The predicted octanol–water partition coefficient (Wildman–Crippen LogP) is 4.83. The molecule has 0 saturated heterocycles. The number of halogens is 2. The van der Waals surface area contributed by atoms with E-state index in [1.54, 1.807) is 0 Å². The summed E-state index contributed by atoms with van der Waals surface area (Å²) in [5.74, 6) is 0. The Kier molecular flexibility index (Phi) is 2.99. The first kappa shape index (κ1) is 11.9. The largest absolute Gasteiger partial charge is 0.305 e. The Labute approximate surface area is 122 Å². The van der Waals surface area contributed by atoms with Gasteiger partial charge in [-0.15, -0.1) is 0 Å². The summed E-state index contributed by atoms with van der Waals surface area (Å²) in [7, 11) is 0. The van der Waals surface area contributed by atoms with Crippen LogP contribution in [-0.4, -0.2) is 9.38 Å². The summed E-state index contributed by atoms with van der Waals surface area (Å²) in [6.07, 6.45) is 4.09. The first-order chi connectivity index (χ1) is 8.63. The van der Waals surface area contributed by atoms with E-state index in [9.17, 15) is 0 Å². The Morgan fingerprint density at radius 1 is 1.06 bits per heavy atom. The summed E-state index contributed by atoms with van der Waals surface area (Å²) in [5.41, 5.74) is 4.26. The molecule has 0 aliphatic heterocycles. The van der Waals surface area contributed by atoms with Crippen LogP contribution < -0.4 is 0 Å². The van der Waals surface area contributed by atoms with Gasteiger partial charge in [-0.2, -0.15) is 0 Å². The molecule has 3 rings (SSSR count). The summed E-state index contributed by atoms with van der Waals surface area (Å²) in [6.45, 7) is 2.07. The molecular formula is C14H10Br2N2. The highest BCUT2D eigenvalue weighted by molar-refractivity contribution is 9.10. The zero-order chi connectivity index (χ0) is 12.7. The minimum atomic E-state index is 0.966. The fourth-order valence-corrected chi connectivity index (χ4v) is 2.46. The standard InChI is InChI=1S/C14H10Br2N2/c1-9-6-14-17-13(8-18(14)7-12(9)16)10-2-4-11(15)5-3-10/h2-8H,1H3. The number of aromatic nitrogens is 2. The van der Waals surface area contributed by atoms with Gasteiger partial charge in [0.25, 0.3) is 0 Å². The molecule has 0 aliphatic carbocycles. The molecule has 0 bridgehead atoms. The Bertz CT molecular complexity index is 675. The summed E-state index contributed by atoms with van der Waals surface area (Å²) >= 11 is 6.98. The molecule has 4 heteroatoms. The van der Waals surface area contributed by atoms with Crippen molar-refractivity contribution >= 4 is 37.5 Å². The predicted molar refractivity (Wildman–Crippen MR) is 80.8 cm³/mol. The van der Waals surface area contributed by atoms with E-state index in [0.29, 0.717) is 0 Å². The van der Waals surface area contributed by atoms with Crippen molar-refractivity contribution in [1.82, 2.24) is 9.38 Å². The number of pyridine rings is 1. The van der Waals surface area contributed by atoms with Crippen LogP contribution in [0.4, 0.5) is 0 Å². The first-order valence-electron chi connectivity index (χ1n) is 5.54. The van der Waals surface area contributed by atoms with Crippen LogP contribution >= 0.6 is 31.9 Å². The van der Waals surface area contributed by atoms with Crippen LogP contribution in [0.1, 0.15) is 5.56 Å². The van der Waals surface area contributed by atoms with Crippen LogP contribution in [0.25, 0.3) is 16.9 Å². The van der Waals surface area contributed by atoms with Crippen molar-refractivity contribution in [3.63, 3.8) is 0 Å². The quantitative estimate of drug-likeness (QED) is 0.603. The van der Waals surface area contributed by atoms with Gasteiger partial charge in [-0.3, -0.25) is 0 Å². The number of nitrogens with zero attached hydrogens (tertiary/aromatic N) is 2. The second-order valence-corrected chi connectivity index (χ2v) is 5.97. The third-order valence-corrected chi connectivity index (χ3v) is 4.23. The number of hydrogen-bond acceptors (Lipinski definition) is 1. The van der Waals surface area contributed by atoms with Gasteiger partial charge in [0.2, 0.25) is 0 Å². The molecule has 0 unspecified atom stereocenters. The second kappa shape index (κ2) is 4.52. The van der Waals surface area contributed by atoms with Gasteiger partial charge >= 0.3 is 0 Å². The Balaban J connectivity index is 2.16. The maximum absolute atomic E-state index is 4.64. The molecule has 1 aromatic carbocycles. The van der Waals surface area contributed by atoms with Crippen molar-refractivity contribution in [2.75, 3.05) is 0 Å². The smallest absolute Gasteiger partial charge is 0.137 e. The average Bonchev–Trinajstić information content (AvgIpc) is 2.73. The highest BCUT2D eigenvalue weighted by Crippen LogP contribution is 2.24. The van der Waals surface area contributed by atoms with Crippen molar-refractivity contribution < 1.29 is 0 Å². The van der Waals surface area contributed by atoms with Gasteiger partial charge in [0.15, 0.2) is 0 Å². The Hall–Kier alpha value is -1.13. The zero-order valence-corrected chi connectivity index (χ0v) is 12.9. The van der Waals surface area contributed by atoms with E-state index in [4.69, 9.17) is 0 Å². The monoisotopic (exact) mass is 364 g/mol. The highest BCUT2D eigenvalue weighted by atomic mass is 79.9. The maximum Gasteiger partial charge on any atom is 0.137 e. The molecule has 18 heavy (non-hydrogen) atoms. The Morgan fingerprint density at radius 2 is 1.78 bits per heavy atom. The molecule has 0 spiro atoms. The van der Waals surface area contributed by atoms with E-state index < -0.39 is 0 Å². The lowest BCUT2D eigenvalue weighted by Gasteiger charge is -1.98. The number of fused-ring (bicyclic) bond motifs is 1. The fraction of sp³-hybridized carbons (Fsp3) is 0.0714. The van der Waals surface area contributed by atoms with Crippen LogP contribution in [0.15, 0.2) is 51.7 Å². The van der Waals surface area contributed by atoms with E-state index >= 15 is 0 Å². The van der Waals surface area contributed by atoms with Crippen molar-refractivity contribution in [3.05, 3.63) is 57.2 Å². The molecule has 0 amide bonds. The van der Waals surface area contributed by atoms with Crippen molar-refractivity contribution in [1.29, 1.82) is 0 Å². The summed E-state index contributed by atoms with van der Waals surface area (Å²) < 4.78 is 4.21. The second-order valence-electron chi connectivity index (χ2n) is 4.20. The molecule has 0 N–H and O–H groups in total. The average molecular weight is 366 g/mol. The van der Waals surface area contributed by atoms with E-state index in [-0.39, 0.29) is 0 Å². The topological polar surface area (TPSA) is 17.3 Å². The Morgan fingerprint density at radius 3 is 2.50 bits per heavy atom. The van der Waals surface area contributed by atoms with Crippen LogP contribution in [-0.2, 0) is 0 Å². The van der Waals surface area contributed by atoms with Gasteiger partial charge in [0.1, 0.15) is 5.65 Å². The molecule has 90 valence electrons. The lowest BCUT2D eigenvalue weighted by molar-refractivity contribution is 1.16. The molecule has 2 heterocycles. The number of aryl methyl sites for hydroxylation is 1. The van der Waals surface area contributed by atoms with Gasteiger partial charge in [-0.05, 0) is 46.6 Å². The van der Waals surface area contributed by atoms with E-state index in [1.165, 1.54) is 5.56 Å². The van der Waals surface area contributed by atoms with Crippen LogP contribution in [0.3, 0.4) is 0 Å². The molecule has 0 saturated carbocycles. The number of imidazole rings is 1. The molecule has 3 aromatic rings. The van der Waals surface area contributed by atoms with Gasteiger partial charge in [0.05, 0.1) is 5.69 Å². The fourth-order valence-electron chi connectivity index (χ4n) is 1.86. The summed E-state index contributed by atoms with van der Waals surface area (Å²) in [6, 6.07) is 10.3. The van der Waals surface area contributed by atoms with Crippen LogP contribution in [0.5, 0.6) is 0 Å². The maximum atomic E-state index is 4.64. The first-order valence-corrected chi connectivity index (χ1v) is 7.13. The minimum absolute atomic E-state index is 0.966. The molecule has 0 aliphatic rings. The molecule has 0 atom stereocenters. The third kappa shape index (κ3) is 2.10. The molecule has 0 fully saturated rings. The highest BCUT2D eigenvalue weighted by Gasteiger charge is 2.06. The van der Waals surface area contributed by atoms with Crippen LogP contribution in [0.2, 0.25) is 0 Å². The molecular weight excluding hydrogens is 356 g/mol. The number of benzene rings is 1. The van der Waals surface area contributed by atoms with Crippen LogP contribution in [0, 0.1) is 6.92 Å². The SMILES string of the molecule is Cc1cc2nc(-c3ccc(Br)cc3)cn2cc1Br. The summed E-state index contributed by atoms with van der Waals surface area (Å²) in [4.78, 5) is 4.64. The van der Waals surface area contributed by atoms with Gasteiger partial charge in [-0.25, -0.2) is 4.98 Å². The van der Waals surface area contributed by atoms with Crippen molar-refractivity contribution in [2.45, 2.75) is 6.92 Å². The third-order valence-electron chi connectivity index (χ3n) is 2.88. The number of hydrogen-bond donors (Lipinski definition) is 0. The van der Waals surface area contributed by atoms with E-state index in [2.05, 4.69) is 62.0 Å². The zero-order valence-electron chi connectivity index (χ0n) is 9.69. The normalized spacial score (nSPS) is 11.1. The van der Waals surface area contributed by atoms with Crippen molar-refractivity contribution in [3.8, 4) is 11.3 Å². The van der Waals surface area contributed by atoms with Gasteiger partial charge < -0.3 is 4.40 Å².